The summed E-state index contributed by atoms with van der Waals surface area (Å²) in [5.74, 6) is -6.82. The van der Waals surface area contributed by atoms with Crippen LogP contribution in [0.4, 0.5) is 0 Å². The number of aliphatic hydroxyl groups excluding tert-OH is 2. The zero-order valence-corrected chi connectivity index (χ0v) is 38.0. The standard InChI is InChI=1S/C38H59N11O12S3/c1-64-12-8-22(30(52)46-26(18-63)38(60)61)42-31(53)23(13-20-14-40-19-41-20)43-33(55)28-6-3-10-48(28)37(59)29-7-4-11-49(29)36(58)25(16-51)45-32(54)24(15-50)44-34(56)27-5-2-9-47(27)35(57)21(39)17-62/h14,19,21-29,50-51,62-63H,2-13,15-18,39H2,1H3,(H,40,41)(H,42,53)(H,43,55)(H,44,56)(H,45,54)(H,46,52)(H,60,61)/t21-,22-,23-,24-,25-,26-,27-,28-,29-/m0/s1. The molecule has 3 fully saturated rings. The van der Waals surface area contributed by atoms with Gasteiger partial charge in [-0.2, -0.15) is 37.0 Å². The lowest BCUT2D eigenvalue weighted by molar-refractivity contribution is -0.148. The third-order valence-electron chi connectivity index (χ3n) is 11.3. The number of H-pyrrole nitrogens is 1. The fourth-order valence-electron chi connectivity index (χ4n) is 7.82. The van der Waals surface area contributed by atoms with E-state index in [1.807, 2.05) is 0 Å². The summed E-state index contributed by atoms with van der Waals surface area (Å²) < 4.78 is 0. The van der Waals surface area contributed by atoms with E-state index in [9.17, 15) is 58.5 Å². The van der Waals surface area contributed by atoms with Crippen molar-refractivity contribution in [1.29, 1.82) is 0 Å². The Balaban J connectivity index is 1.43. The van der Waals surface area contributed by atoms with Crippen molar-refractivity contribution in [1.82, 2.24) is 51.3 Å². The lowest BCUT2D eigenvalue weighted by Crippen LogP contribution is -2.61. The molecule has 3 aliphatic heterocycles. The molecule has 8 amide bonds. The maximum absolute atomic E-state index is 14.2. The summed E-state index contributed by atoms with van der Waals surface area (Å²) in [5.41, 5.74) is 6.29. The van der Waals surface area contributed by atoms with Crippen molar-refractivity contribution in [3.05, 3.63) is 18.2 Å². The number of nitrogens with one attached hydrogen (secondary N) is 6. The second-order valence-corrected chi connectivity index (χ2v) is 17.3. The van der Waals surface area contributed by atoms with Crippen LogP contribution in [0.5, 0.6) is 0 Å². The molecule has 1 aromatic rings. The summed E-state index contributed by atoms with van der Waals surface area (Å²) in [7, 11) is 0. The number of hydrogen-bond acceptors (Lipinski definition) is 16. The maximum Gasteiger partial charge on any atom is 0.327 e. The zero-order valence-electron chi connectivity index (χ0n) is 35.3. The molecule has 0 unspecified atom stereocenters. The van der Waals surface area contributed by atoms with Crippen LogP contribution in [0.2, 0.25) is 0 Å². The molecule has 26 heteroatoms. The molecule has 64 heavy (non-hydrogen) atoms. The summed E-state index contributed by atoms with van der Waals surface area (Å²) in [4.78, 5) is 130. The van der Waals surface area contributed by atoms with Crippen molar-refractivity contribution < 1.29 is 58.5 Å². The minimum atomic E-state index is -1.58. The van der Waals surface area contributed by atoms with E-state index in [4.69, 9.17) is 5.73 Å². The molecule has 0 saturated carbocycles. The highest BCUT2D eigenvalue weighted by Crippen LogP contribution is 2.26. The quantitative estimate of drug-likeness (QED) is 0.0459. The molecule has 0 radical (unpaired) electrons. The number of aromatic nitrogens is 2. The van der Waals surface area contributed by atoms with Crippen molar-refractivity contribution in [3.63, 3.8) is 0 Å². The third kappa shape index (κ3) is 13.5. The molecule has 0 bridgehead atoms. The van der Waals surface area contributed by atoms with E-state index in [2.05, 4.69) is 61.8 Å². The number of thiol groups is 2. The highest BCUT2D eigenvalue weighted by atomic mass is 32.2. The highest BCUT2D eigenvalue weighted by molar-refractivity contribution is 7.98. The number of hydrogen-bond donors (Lipinski definition) is 12. The fourth-order valence-corrected chi connectivity index (χ4v) is 8.70. The van der Waals surface area contributed by atoms with Crippen LogP contribution < -0.4 is 32.3 Å². The van der Waals surface area contributed by atoms with Gasteiger partial charge in [0.2, 0.25) is 47.3 Å². The van der Waals surface area contributed by atoms with Crippen molar-refractivity contribution >= 4 is 90.2 Å². The molecule has 3 saturated heterocycles. The fraction of sp³-hybridized carbons (Fsp3) is 0.684. The Kier molecular flexibility index (Phi) is 20.4. The maximum atomic E-state index is 14.2. The Morgan fingerprint density at radius 1 is 0.734 bits per heavy atom. The van der Waals surface area contributed by atoms with Gasteiger partial charge in [-0.1, -0.05) is 0 Å². The lowest BCUT2D eigenvalue weighted by atomic mass is 10.1. The van der Waals surface area contributed by atoms with Gasteiger partial charge in [-0.05, 0) is 57.0 Å². The average molecular weight is 958 g/mol. The number of carbonyl (C=O) groups is 9. The van der Waals surface area contributed by atoms with Gasteiger partial charge in [-0.25, -0.2) is 9.78 Å². The monoisotopic (exact) mass is 957 g/mol. The number of imidazole rings is 1. The molecule has 23 nitrogen and oxygen atoms in total. The minimum absolute atomic E-state index is 0.0500. The van der Waals surface area contributed by atoms with Gasteiger partial charge in [-0.15, -0.1) is 0 Å². The molecule has 3 aliphatic rings. The molecule has 1 aromatic heterocycles. The van der Waals surface area contributed by atoms with Gasteiger partial charge < -0.3 is 67.3 Å². The van der Waals surface area contributed by atoms with Crippen LogP contribution in [-0.2, 0) is 49.6 Å². The SMILES string of the molecule is CSCC[C@H](NC(=O)[C@H](Cc1cnc[nH]1)NC(=O)[C@@H]1CCCN1C(=O)[C@@H]1CCCN1C(=O)[C@H](CO)NC(=O)[C@H](CO)NC(=O)[C@@H]1CCCN1C(=O)[C@@H](N)CS)C(=O)N[C@@H](CS)C(=O)O. The summed E-state index contributed by atoms with van der Waals surface area (Å²) in [5, 5.41) is 42.2. The number of carboxylic acids is 1. The topological polar surface area (TPSA) is 339 Å². The Hall–Kier alpha value is -4.63. The van der Waals surface area contributed by atoms with Crippen LogP contribution in [0.1, 0.15) is 50.6 Å². The van der Waals surface area contributed by atoms with E-state index in [1.165, 1.54) is 39.0 Å². The van der Waals surface area contributed by atoms with Crippen LogP contribution in [0.15, 0.2) is 12.5 Å². The lowest BCUT2D eigenvalue weighted by Gasteiger charge is -2.33. The summed E-state index contributed by atoms with van der Waals surface area (Å²) >= 11 is 9.43. The number of aromatic amines is 1. The molecule has 0 aromatic carbocycles. The molecular weight excluding hydrogens is 899 g/mol. The van der Waals surface area contributed by atoms with Gasteiger partial charge >= 0.3 is 5.97 Å². The predicted molar refractivity (Wildman–Crippen MR) is 237 cm³/mol. The molecule has 0 aliphatic carbocycles. The van der Waals surface area contributed by atoms with Gasteiger partial charge in [-0.3, -0.25) is 38.4 Å². The molecular formula is C38H59N11O12S3. The van der Waals surface area contributed by atoms with Crippen molar-refractivity contribution in [3.8, 4) is 0 Å². The van der Waals surface area contributed by atoms with Gasteiger partial charge in [0.05, 0.1) is 25.6 Å². The number of carbonyl (C=O) groups excluding carboxylic acids is 8. The molecule has 0 spiro atoms. The summed E-state index contributed by atoms with van der Waals surface area (Å²) in [6.07, 6.45) is 6.65. The first-order chi connectivity index (χ1) is 30.6. The number of amides is 8. The smallest absolute Gasteiger partial charge is 0.327 e. The van der Waals surface area contributed by atoms with Gasteiger partial charge in [0, 0.05) is 49.5 Å². The zero-order chi connectivity index (χ0) is 47.1. The summed E-state index contributed by atoms with van der Waals surface area (Å²) in [6.45, 7) is -1.31. The Morgan fingerprint density at radius 3 is 1.80 bits per heavy atom. The van der Waals surface area contributed by atoms with Gasteiger partial charge in [0.1, 0.15) is 48.3 Å². The number of rotatable bonds is 23. The third-order valence-corrected chi connectivity index (χ3v) is 12.7. The Labute approximate surface area is 384 Å². The normalized spacial score (nSPS) is 21.2. The number of aliphatic hydroxyl groups is 2. The minimum Gasteiger partial charge on any atom is -0.480 e. The van der Waals surface area contributed by atoms with Crippen LogP contribution >= 0.6 is 37.0 Å². The first kappa shape index (κ1) is 52.0. The van der Waals surface area contributed by atoms with E-state index in [-0.39, 0.29) is 63.2 Å². The predicted octanol–water partition coefficient (Wildman–Crippen LogP) is -4.64. The first-order valence-corrected chi connectivity index (χ1v) is 23.6. The number of aliphatic carboxylic acids is 1. The van der Waals surface area contributed by atoms with E-state index in [1.54, 1.807) is 6.26 Å². The van der Waals surface area contributed by atoms with Crippen molar-refractivity contribution in [2.24, 2.45) is 5.73 Å². The number of likely N-dealkylation sites (tertiary alicyclic amines) is 3. The molecule has 356 valence electrons. The average Bonchev–Trinajstić information content (AvgIpc) is 4.14. The molecule has 9 atom stereocenters. The number of nitrogens with zero attached hydrogens (tertiary/aromatic N) is 4. The second-order valence-electron chi connectivity index (χ2n) is 15.6. The number of nitrogens with two attached hydrogens (primary N) is 1. The first-order valence-electron chi connectivity index (χ1n) is 20.9. The summed E-state index contributed by atoms with van der Waals surface area (Å²) in [6, 6.07) is -11.0. The molecule has 4 rings (SSSR count). The van der Waals surface area contributed by atoms with Crippen molar-refractivity contribution in [2.45, 2.75) is 106 Å². The van der Waals surface area contributed by atoms with Crippen molar-refractivity contribution in [2.75, 3.05) is 56.4 Å². The second kappa shape index (κ2) is 25.2. The van der Waals surface area contributed by atoms with Gasteiger partial charge in [0.15, 0.2) is 0 Å². The van der Waals surface area contributed by atoms with Crippen LogP contribution in [-0.4, -0.2) is 204 Å². The molecule has 4 heterocycles. The number of carboxylic acid groups (broad SMARTS) is 1. The number of thioether (sulfide) groups is 1. The van der Waals surface area contributed by atoms with E-state index in [0.717, 1.165) is 0 Å². The molecule has 11 N–H and O–H groups in total. The van der Waals surface area contributed by atoms with E-state index in [0.29, 0.717) is 30.7 Å². The van der Waals surface area contributed by atoms with E-state index < -0.39 is 121 Å². The van der Waals surface area contributed by atoms with Crippen LogP contribution in [0.25, 0.3) is 0 Å². The highest BCUT2D eigenvalue weighted by Gasteiger charge is 2.45. The van der Waals surface area contributed by atoms with Crippen LogP contribution in [0.3, 0.4) is 0 Å². The largest absolute Gasteiger partial charge is 0.480 e. The van der Waals surface area contributed by atoms with E-state index >= 15 is 0 Å². The Morgan fingerprint density at radius 2 is 1.25 bits per heavy atom. The van der Waals surface area contributed by atoms with Gasteiger partial charge in [0.25, 0.3) is 0 Å². The van der Waals surface area contributed by atoms with Crippen LogP contribution in [0, 0.1) is 0 Å². The Bertz CT molecular complexity index is 1830.